The summed E-state index contributed by atoms with van der Waals surface area (Å²) in [7, 11) is -2.81. The molecule has 3 nitrogen and oxygen atoms in total. The van der Waals surface area contributed by atoms with E-state index in [1.54, 1.807) is 6.92 Å². The summed E-state index contributed by atoms with van der Waals surface area (Å²) in [6, 6.07) is 0.497. The second-order valence-electron chi connectivity index (χ2n) is 5.91. The number of hydrogen-bond acceptors (Lipinski definition) is 3. The van der Waals surface area contributed by atoms with E-state index in [9.17, 15) is 8.42 Å². The van der Waals surface area contributed by atoms with Crippen molar-refractivity contribution in [2.24, 2.45) is 5.41 Å². The number of hydrogen-bond donors (Lipinski definition) is 1. The molecule has 1 aliphatic carbocycles. The highest BCUT2D eigenvalue weighted by Gasteiger charge is 2.38. The molecule has 0 saturated heterocycles. The van der Waals surface area contributed by atoms with Crippen LogP contribution in [0.5, 0.6) is 0 Å². The van der Waals surface area contributed by atoms with Crippen LogP contribution in [0.15, 0.2) is 0 Å². The highest BCUT2D eigenvalue weighted by atomic mass is 32.2. The van der Waals surface area contributed by atoms with Crippen molar-refractivity contribution in [2.75, 3.05) is 18.1 Å². The van der Waals surface area contributed by atoms with E-state index in [0.717, 1.165) is 19.4 Å². The van der Waals surface area contributed by atoms with E-state index < -0.39 is 9.84 Å². The number of nitrogens with one attached hydrogen (secondary N) is 1. The topological polar surface area (TPSA) is 46.2 Å². The van der Waals surface area contributed by atoms with Gasteiger partial charge in [-0.05, 0) is 44.1 Å². The first-order valence-electron chi connectivity index (χ1n) is 7.93. The zero-order chi connectivity index (χ0) is 14.4. The molecule has 1 aliphatic rings. The maximum absolute atomic E-state index is 11.6. The normalized spacial score (nSPS) is 20.6. The lowest BCUT2D eigenvalue weighted by Gasteiger charge is -2.37. The van der Waals surface area contributed by atoms with Gasteiger partial charge in [0, 0.05) is 11.8 Å². The average molecular weight is 289 g/mol. The van der Waals surface area contributed by atoms with Crippen LogP contribution in [0.2, 0.25) is 0 Å². The molecule has 0 aromatic rings. The summed E-state index contributed by atoms with van der Waals surface area (Å²) in [5.74, 6) is 0.628. The second kappa shape index (κ2) is 7.63. The van der Waals surface area contributed by atoms with E-state index >= 15 is 0 Å². The summed E-state index contributed by atoms with van der Waals surface area (Å²) in [5.41, 5.74) is 0.423. The molecule has 0 aliphatic heterocycles. The van der Waals surface area contributed by atoms with Gasteiger partial charge in [0.05, 0.1) is 5.75 Å². The van der Waals surface area contributed by atoms with E-state index in [1.165, 1.54) is 32.1 Å². The molecule has 19 heavy (non-hydrogen) atoms. The Bertz CT molecular complexity index is 345. The first-order valence-corrected chi connectivity index (χ1v) is 9.75. The van der Waals surface area contributed by atoms with Crippen LogP contribution in [-0.4, -0.2) is 32.5 Å². The minimum Gasteiger partial charge on any atom is -0.314 e. The van der Waals surface area contributed by atoms with E-state index in [4.69, 9.17) is 0 Å². The van der Waals surface area contributed by atoms with E-state index in [0.29, 0.717) is 17.2 Å². The fraction of sp³-hybridized carbons (Fsp3) is 1.00. The molecule has 1 N–H and O–H groups in total. The van der Waals surface area contributed by atoms with Crippen molar-refractivity contribution in [2.45, 2.75) is 71.8 Å². The SMILES string of the molecule is CCNC(CCCS(=O)(=O)CC)C1(CC)CCCC1. The fourth-order valence-corrected chi connectivity index (χ4v) is 4.45. The fourth-order valence-electron chi connectivity index (χ4n) is 3.55. The maximum Gasteiger partial charge on any atom is 0.150 e. The lowest BCUT2D eigenvalue weighted by atomic mass is 9.74. The third-order valence-electron chi connectivity index (χ3n) is 4.88. The second-order valence-corrected chi connectivity index (χ2v) is 8.38. The van der Waals surface area contributed by atoms with Gasteiger partial charge < -0.3 is 5.32 Å². The lowest BCUT2D eigenvalue weighted by Crippen LogP contribution is -2.43. The van der Waals surface area contributed by atoms with E-state index in [1.807, 2.05) is 0 Å². The van der Waals surface area contributed by atoms with Crippen LogP contribution < -0.4 is 5.32 Å². The molecule has 0 bridgehead atoms. The first kappa shape index (κ1) is 17.0. The van der Waals surface area contributed by atoms with Gasteiger partial charge in [-0.3, -0.25) is 0 Å². The van der Waals surface area contributed by atoms with Crippen molar-refractivity contribution < 1.29 is 8.42 Å². The molecular weight excluding hydrogens is 258 g/mol. The molecule has 1 rings (SSSR count). The summed E-state index contributed by atoms with van der Waals surface area (Å²) >= 11 is 0. The van der Waals surface area contributed by atoms with Crippen molar-refractivity contribution in [3.63, 3.8) is 0 Å². The standard InChI is InChI=1S/C15H31NO2S/c1-4-15(11-7-8-12-15)14(16-5-2)10-9-13-19(17,18)6-3/h14,16H,4-13H2,1-3H3. The third-order valence-corrected chi connectivity index (χ3v) is 6.67. The monoisotopic (exact) mass is 289 g/mol. The van der Waals surface area contributed by atoms with Gasteiger partial charge in [-0.15, -0.1) is 0 Å². The molecule has 0 heterocycles. The Morgan fingerprint density at radius 2 is 1.79 bits per heavy atom. The maximum atomic E-state index is 11.6. The Morgan fingerprint density at radius 1 is 1.16 bits per heavy atom. The zero-order valence-electron chi connectivity index (χ0n) is 12.9. The Hall–Kier alpha value is -0.0900. The summed E-state index contributed by atoms with van der Waals surface area (Å²) in [4.78, 5) is 0. The van der Waals surface area contributed by atoms with Crippen molar-refractivity contribution >= 4 is 9.84 Å². The summed E-state index contributed by atoms with van der Waals surface area (Å²) in [5, 5.41) is 3.63. The molecule has 0 aromatic carbocycles. The van der Waals surface area contributed by atoms with Crippen molar-refractivity contribution in [3.8, 4) is 0 Å². The molecule has 114 valence electrons. The molecule has 0 aromatic heterocycles. The van der Waals surface area contributed by atoms with E-state index in [2.05, 4.69) is 19.2 Å². The molecule has 1 unspecified atom stereocenters. The molecule has 1 fully saturated rings. The smallest absolute Gasteiger partial charge is 0.150 e. The van der Waals surface area contributed by atoms with Crippen LogP contribution in [0.4, 0.5) is 0 Å². The molecular formula is C15H31NO2S. The van der Waals surface area contributed by atoms with Gasteiger partial charge in [0.25, 0.3) is 0 Å². The largest absolute Gasteiger partial charge is 0.314 e. The van der Waals surface area contributed by atoms with Crippen molar-refractivity contribution in [1.82, 2.24) is 5.32 Å². The predicted octanol–water partition coefficient (Wildman–Crippen LogP) is 3.15. The van der Waals surface area contributed by atoms with Gasteiger partial charge in [0.2, 0.25) is 0 Å². The lowest BCUT2D eigenvalue weighted by molar-refractivity contribution is 0.178. The van der Waals surface area contributed by atoms with Crippen LogP contribution in [0, 0.1) is 5.41 Å². The molecule has 0 radical (unpaired) electrons. The van der Waals surface area contributed by atoms with Crippen LogP contribution in [0.3, 0.4) is 0 Å². The Labute approximate surface area is 119 Å². The van der Waals surface area contributed by atoms with Gasteiger partial charge in [-0.25, -0.2) is 8.42 Å². The van der Waals surface area contributed by atoms with Gasteiger partial charge in [0.1, 0.15) is 9.84 Å². The number of rotatable bonds is 9. The van der Waals surface area contributed by atoms with Crippen LogP contribution in [0.1, 0.15) is 65.7 Å². The first-order chi connectivity index (χ1) is 8.99. The van der Waals surface area contributed by atoms with Crippen LogP contribution in [0.25, 0.3) is 0 Å². The highest BCUT2D eigenvalue weighted by Crippen LogP contribution is 2.45. The Balaban J connectivity index is 2.57. The van der Waals surface area contributed by atoms with Gasteiger partial charge >= 0.3 is 0 Å². The number of sulfone groups is 1. The van der Waals surface area contributed by atoms with Gasteiger partial charge in [0.15, 0.2) is 0 Å². The predicted molar refractivity (Wildman–Crippen MR) is 82.2 cm³/mol. The summed E-state index contributed by atoms with van der Waals surface area (Å²) in [6.45, 7) is 7.15. The van der Waals surface area contributed by atoms with Crippen molar-refractivity contribution in [1.29, 1.82) is 0 Å². The molecule has 1 atom stereocenters. The van der Waals surface area contributed by atoms with Gasteiger partial charge in [-0.1, -0.05) is 33.6 Å². The highest BCUT2D eigenvalue weighted by molar-refractivity contribution is 7.91. The van der Waals surface area contributed by atoms with Crippen LogP contribution >= 0.6 is 0 Å². The van der Waals surface area contributed by atoms with Gasteiger partial charge in [-0.2, -0.15) is 0 Å². The Morgan fingerprint density at radius 3 is 2.26 bits per heavy atom. The van der Waals surface area contributed by atoms with Crippen LogP contribution in [-0.2, 0) is 9.84 Å². The summed E-state index contributed by atoms with van der Waals surface area (Å²) in [6.07, 6.45) is 8.30. The Kier molecular flexibility index (Phi) is 6.81. The van der Waals surface area contributed by atoms with E-state index in [-0.39, 0.29) is 5.75 Å². The molecule has 0 amide bonds. The average Bonchev–Trinajstić information content (AvgIpc) is 2.87. The van der Waals surface area contributed by atoms with Crippen molar-refractivity contribution in [3.05, 3.63) is 0 Å². The minimum absolute atomic E-state index is 0.276. The molecule has 1 saturated carbocycles. The summed E-state index contributed by atoms with van der Waals surface area (Å²) < 4.78 is 23.2. The quantitative estimate of drug-likeness (QED) is 0.709. The zero-order valence-corrected chi connectivity index (χ0v) is 13.7. The molecule has 4 heteroatoms. The minimum atomic E-state index is -2.81. The molecule has 0 spiro atoms. The third kappa shape index (κ3) is 4.75.